The predicted octanol–water partition coefficient (Wildman–Crippen LogP) is 3.24. The van der Waals surface area contributed by atoms with Crippen molar-refractivity contribution in [2.75, 3.05) is 32.5 Å². The van der Waals surface area contributed by atoms with E-state index in [1.54, 1.807) is 24.3 Å². The van der Waals surface area contributed by atoms with Crippen molar-refractivity contribution >= 4 is 23.5 Å². The third-order valence-corrected chi connectivity index (χ3v) is 5.54. The lowest BCUT2D eigenvalue weighted by Crippen LogP contribution is -3.00. The van der Waals surface area contributed by atoms with Crippen molar-refractivity contribution in [1.82, 2.24) is 0 Å². The fraction of sp³-hybridized carbons (Fsp3) is 0.407. The molecule has 0 spiro atoms. The van der Waals surface area contributed by atoms with Crippen molar-refractivity contribution in [1.29, 1.82) is 0 Å². The largest absolute Gasteiger partial charge is 1.00 e. The number of carbonyl (C=O) groups excluding carboxylic acids is 2. The van der Waals surface area contributed by atoms with Crippen LogP contribution in [-0.2, 0) is 4.79 Å². The van der Waals surface area contributed by atoms with Crippen molar-refractivity contribution in [3.05, 3.63) is 71.3 Å². The smallest absolute Gasteiger partial charge is 0.279 e. The number of benzene rings is 2. The van der Waals surface area contributed by atoms with Gasteiger partial charge in [-0.05, 0) is 61.4 Å². The minimum atomic E-state index is -0.727. The van der Waals surface area contributed by atoms with E-state index in [1.165, 1.54) is 38.2 Å². The highest BCUT2D eigenvalue weighted by atomic mass is 35.5. The molecule has 34 heavy (non-hydrogen) atoms. The number of anilines is 1. The SMILES string of the molecule is CCCCCCCC[N+](C)(C)CC(=O)Nc1ccc(C(=O)/C=C/c2c(F)cccc2F)cc1.[Cl-]. The Kier molecular flexibility index (Phi) is 12.7. The van der Waals surface area contributed by atoms with Crippen LogP contribution < -0.4 is 17.7 Å². The number of quaternary nitrogens is 1. The number of nitrogens with zero attached hydrogens (tertiary/aromatic N) is 1. The highest BCUT2D eigenvalue weighted by Crippen LogP contribution is 2.16. The Bertz CT molecular complexity index is 939. The van der Waals surface area contributed by atoms with Gasteiger partial charge in [-0.1, -0.05) is 38.7 Å². The summed E-state index contributed by atoms with van der Waals surface area (Å²) < 4.78 is 28.0. The van der Waals surface area contributed by atoms with Gasteiger partial charge < -0.3 is 22.2 Å². The molecule has 4 nitrogen and oxygen atoms in total. The van der Waals surface area contributed by atoms with Crippen LogP contribution in [0.25, 0.3) is 6.08 Å². The molecule has 1 amide bonds. The van der Waals surface area contributed by atoms with E-state index in [-0.39, 0.29) is 29.7 Å². The Labute approximate surface area is 208 Å². The molecule has 0 saturated heterocycles. The van der Waals surface area contributed by atoms with Gasteiger partial charge >= 0.3 is 0 Å². The number of carbonyl (C=O) groups is 2. The van der Waals surface area contributed by atoms with Crippen LogP contribution in [-0.4, -0.2) is 43.4 Å². The van der Waals surface area contributed by atoms with Gasteiger partial charge in [0.25, 0.3) is 5.91 Å². The number of likely N-dealkylation sites (N-methyl/N-ethyl adjacent to an activating group) is 1. The van der Waals surface area contributed by atoms with E-state index in [4.69, 9.17) is 0 Å². The van der Waals surface area contributed by atoms with Gasteiger partial charge in [-0.15, -0.1) is 0 Å². The molecule has 0 aromatic heterocycles. The lowest BCUT2D eigenvalue weighted by Gasteiger charge is -2.29. The van der Waals surface area contributed by atoms with Crippen molar-refractivity contribution in [2.24, 2.45) is 0 Å². The maximum absolute atomic E-state index is 13.7. The summed E-state index contributed by atoms with van der Waals surface area (Å²) in [5.41, 5.74) is 0.705. The number of unbranched alkanes of at least 4 members (excludes halogenated alkanes) is 5. The minimum absolute atomic E-state index is 0. The summed E-state index contributed by atoms with van der Waals surface area (Å²) in [7, 11) is 4.11. The van der Waals surface area contributed by atoms with Crippen LogP contribution in [0.4, 0.5) is 14.5 Å². The van der Waals surface area contributed by atoms with E-state index in [1.807, 2.05) is 0 Å². The van der Waals surface area contributed by atoms with Gasteiger partial charge in [0.05, 0.1) is 20.6 Å². The van der Waals surface area contributed by atoms with Crippen LogP contribution in [0.5, 0.6) is 0 Å². The summed E-state index contributed by atoms with van der Waals surface area (Å²) in [6, 6.07) is 10.0. The lowest BCUT2D eigenvalue weighted by molar-refractivity contribution is -0.882. The van der Waals surface area contributed by atoms with E-state index in [2.05, 4.69) is 26.3 Å². The molecule has 0 aliphatic carbocycles. The van der Waals surface area contributed by atoms with Gasteiger partial charge in [0.2, 0.25) is 0 Å². The number of allylic oxidation sites excluding steroid dienone is 1. The third kappa shape index (κ3) is 10.1. The number of nitrogens with one attached hydrogen (secondary N) is 1. The monoisotopic (exact) mass is 492 g/mol. The van der Waals surface area contributed by atoms with Gasteiger partial charge in [0.1, 0.15) is 11.6 Å². The Morgan fingerprint density at radius 1 is 0.912 bits per heavy atom. The second-order valence-corrected chi connectivity index (χ2v) is 9.04. The number of hydrogen-bond acceptors (Lipinski definition) is 2. The van der Waals surface area contributed by atoms with Gasteiger partial charge in [0, 0.05) is 16.8 Å². The summed E-state index contributed by atoms with van der Waals surface area (Å²) in [4.78, 5) is 24.8. The fourth-order valence-electron chi connectivity index (χ4n) is 3.63. The zero-order chi connectivity index (χ0) is 24.3. The molecule has 0 atom stereocenters. The summed E-state index contributed by atoms with van der Waals surface area (Å²) >= 11 is 0. The van der Waals surface area contributed by atoms with Crippen LogP contribution in [0.2, 0.25) is 0 Å². The maximum atomic E-state index is 13.7. The molecular formula is C27H35ClF2N2O2. The predicted molar refractivity (Wildman–Crippen MR) is 130 cm³/mol. The normalized spacial score (nSPS) is 11.3. The van der Waals surface area contributed by atoms with Crippen molar-refractivity contribution < 1.29 is 35.3 Å². The maximum Gasteiger partial charge on any atom is 0.279 e. The van der Waals surface area contributed by atoms with E-state index >= 15 is 0 Å². The van der Waals surface area contributed by atoms with E-state index in [0.717, 1.165) is 37.3 Å². The molecule has 0 aliphatic rings. The molecule has 0 heterocycles. The number of ketones is 1. The minimum Gasteiger partial charge on any atom is -1.00 e. The van der Waals surface area contributed by atoms with E-state index in [9.17, 15) is 18.4 Å². The summed E-state index contributed by atoms with van der Waals surface area (Å²) in [5, 5.41) is 2.87. The summed E-state index contributed by atoms with van der Waals surface area (Å²) in [6.07, 6.45) is 9.60. The second-order valence-electron chi connectivity index (χ2n) is 9.04. The Hall–Kier alpha value is -2.57. The van der Waals surface area contributed by atoms with Gasteiger partial charge in [0.15, 0.2) is 12.3 Å². The highest BCUT2D eigenvalue weighted by Gasteiger charge is 2.19. The molecule has 2 aromatic carbocycles. The average Bonchev–Trinajstić information content (AvgIpc) is 2.75. The molecule has 0 radical (unpaired) electrons. The van der Waals surface area contributed by atoms with E-state index < -0.39 is 11.6 Å². The number of amides is 1. The summed E-state index contributed by atoms with van der Waals surface area (Å²) in [6.45, 7) is 3.52. The Morgan fingerprint density at radius 2 is 1.50 bits per heavy atom. The second kappa shape index (κ2) is 14.6. The molecule has 0 fully saturated rings. The van der Waals surface area contributed by atoms with Crippen LogP contribution in [0.15, 0.2) is 48.5 Å². The molecular weight excluding hydrogens is 458 g/mol. The fourth-order valence-corrected chi connectivity index (χ4v) is 3.63. The third-order valence-electron chi connectivity index (χ3n) is 5.54. The van der Waals surface area contributed by atoms with Crippen molar-refractivity contribution in [3.8, 4) is 0 Å². The zero-order valence-corrected chi connectivity index (χ0v) is 21.0. The molecule has 0 aliphatic heterocycles. The zero-order valence-electron chi connectivity index (χ0n) is 20.3. The molecule has 0 saturated carbocycles. The first-order valence-electron chi connectivity index (χ1n) is 11.6. The molecule has 2 aromatic rings. The number of halogens is 3. The van der Waals surface area contributed by atoms with Gasteiger partial charge in [-0.3, -0.25) is 9.59 Å². The van der Waals surface area contributed by atoms with Gasteiger partial charge in [-0.25, -0.2) is 8.78 Å². The molecule has 7 heteroatoms. The first-order chi connectivity index (χ1) is 15.7. The van der Waals surface area contributed by atoms with Crippen molar-refractivity contribution in [2.45, 2.75) is 45.4 Å². The van der Waals surface area contributed by atoms with Crippen molar-refractivity contribution in [3.63, 3.8) is 0 Å². The molecule has 2 rings (SSSR count). The van der Waals surface area contributed by atoms with Crippen LogP contribution in [0, 0.1) is 11.6 Å². The number of hydrogen-bond donors (Lipinski definition) is 1. The highest BCUT2D eigenvalue weighted by molar-refractivity contribution is 6.07. The first-order valence-corrected chi connectivity index (χ1v) is 11.6. The molecule has 1 N–H and O–H groups in total. The Balaban J connectivity index is 0.00000578. The molecule has 0 bridgehead atoms. The van der Waals surface area contributed by atoms with Gasteiger partial charge in [-0.2, -0.15) is 0 Å². The van der Waals surface area contributed by atoms with Crippen LogP contribution >= 0.6 is 0 Å². The Morgan fingerprint density at radius 3 is 2.12 bits per heavy atom. The topological polar surface area (TPSA) is 46.2 Å². The first kappa shape index (κ1) is 29.5. The molecule has 186 valence electrons. The van der Waals surface area contributed by atoms with Crippen LogP contribution in [0.1, 0.15) is 61.4 Å². The quantitative estimate of drug-likeness (QED) is 0.202. The van der Waals surface area contributed by atoms with E-state index in [0.29, 0.717) is 22.3 Å². The number of rotatable bonds is 13. The standard InChI is InChI=1S/C27H34F2N2O2.ClH/c1-4-5-6-7-8-9-19-31(2,3)20-27(33)30-22-15-13-21(14-16-22)26(32)18-17-23-24(28)11-10-12-25(23)29;/h10-18H,4-9,19-20H2,1-3H3;1H/b18-17+;. The summed E-state index contributed by atoms with van der Waals surface area (Å²) in [5.74, 6) is -1.92. The van der Waals surface area contributed by atoms with Crippen LogP contribution in [0.3, 0.4) is 0 Å². The average molecular weight is 493 g/mol. The lowest BCUT2D eigenvalue weighted by atomic mass is 10.1. The molecule has 0 unspecified atom stereocenters.